The summed E-state index contributed by atoms with van der Waals surface area (Å²) >= 11 is 1.78. The predicted molar refractivity (Wildman–Crippen MR) is 69.8 cm³/mol. The van der Waals surface area contributed by atoms with E-state index in [0.29, 0.717) is 5.69 Å². The van der Waals surface area contributed by atoms with E-state index in [1.165, 1.54) is 9.75 Å². The van der Waals surface area contributed by atoms with Crippen molar-refractivity contribution in [3.8, 4) is 0 Å². The van der Waals surface area contributed by atoms with E-state index in [9.17, 15) is 0 Å². The molecule has 0 radical (unpaired) electrons. The number of rotatable bonds is 3. The number of thiophene rings is 1. The molecule has 2 aromatic heterocycles. The van der Waals surface area contributed by atoms with Gasteiger partial charge in [0.15, 0.2) is 0 Å². The molecule has 0 amide bonds. The van der Waals surface area contributed by atoms with Crippen LogP contribution in [0.5, 0.6) is 0 Å². The smallest absolute Gasteiger partial charge is 0.149 e. The van der Waals surface area contributed by atoms with Crippen molar-refractivity contribution in [2.75, 3.05) is 11.1 Å². The van der Waals surface area contributed by atoms with Crippen LogP contribution in [0.3, 0.4) is 0 Å². The molecule has 2 aromatic rings. The van der Waals surface area contributed by atoms with Gasteiger partial charge in [-0.05, 0) is 37.6 Å². The Kier molecular flexibility index (Phi) is 3.10. The minimum atomic E-state index is 0.702. The number of anilines is 2. The molecule has 0 atom stereocenters. The number of aryl methyl sites for hydroxylation is 2. The first-order valence-electron chi connectivity index (χ1n) is 5.16. The molecule has 0 fully saturated rings. The van der Waals surface area contributed by atoms with Crippen LogP contribution in [0.2, 0.25) is 0 Å². The lowest BCUT2D eigenvalue weighted by atomic mass is 10.3. The molecule has 3 N–H and O–H groups in total. The molecule has 0 saturated heterocycles. The van der Waals surface area contributed by atoms with Crippen LogP contribution in [-0.2, 0) is 6.54 Å². The van der Waals surface area contributed by atoms with Crippen LogP contribution in [0.4, 0.5) is 11.5 Å². The molecular weight excluding hydrogens is 218 g/mol. The van der Waals surface area contributed by atoms with Crippen LogP contribution in [-0.4, -0.2) is 4.98 Å². The van der Waals surface area contributed by atoms with Gasteiger partial charge < -0.3 is 11.1 Å². The average molecular weight is 233 g/mol. The van der Waals surface area contributed by atoms with Crippen molar-refractivity contribution in [1.82, 2.24) is 4.98 Å². The molecule has 0 aliphatic heterocycles. The molecule has 0 aliphatic rings. The topological polar surface area (TPSA) is 50.9 Å². The number of nitrogens with zero attached hydrogens (tertiary/aromatic N) is 1. The van der Waals surface area contributed by atoms with Crippen molar-refractivity contribution in [2.45, 2.75) is 20.4 Å². The number of aromatic nitrogens is 1. The van der Waals surface area contributed by atoms with Gasteiger partial charge in [-0.25, -0.2) is 4.98 Å². The number of nitrogens with one attached hydrogen (secondary N) is 1. The second-order valence-corrected chi connectivity index (χ2v) is 5.19. The number of hydrogen-bond donors (Lipinski definition) is 2. The van der Waals surface area contributed by atoms with E-state index in [1.807, 2.05) is 19.2 Å². The monoisotopic (exact) mass is 233 g/mol. The van der Waals surface area contributed by atoms with E-state index < -0.39 is 0 Å². The molecule has 3 nitrogen and oxygen atoms in total. The molecule has 2 rings (SSSR count). The molecule has 84 valence electrons. The van der Waals surface area contributed by atoms with Crippen LogP contribution < -0.4 is 11.1 Å². The maximum Gasteiger partial charge on any atom is 0.149 e. The first-order chi connectivity index (χ1) is 7.65. The SMILES string of the molecule is Cc1cnc(NCc2ccc(C)s2)c(N)c1. The first kappa shape index (κ1) is 11.0. The molecule has 0 bridgehead atoms. The molecule has 0 aromatic carbocycles. The van der Waals surface area contributed by atoms with Crippen molar-refractivity contribution in [3.63, 3.8) is 0 Å². The summed E-state index contributed by atoms with van der Waals surface area (Å²) < 4.78 is 0. The summed E-state index contributed by atoms with van der Waals surface area (Å²) in [6.07, 6.45) is 1.82. The summed E-state index contributed by atoms with van der Waals surface area (Å²) in [4.78, 5) is 6.88. The summed E-state index contributed by atoms with van der Waals surface area (Å²) in [5.41, 5.74) is 7.65. The minimum absolute atomic E-state index is 0.702. The number of nitrogen functional groups attached to an aromatic ring is 1. The highest BCUT2D eigenvalue weighted by molar-refractivity contribution is 7.11. The Labute approximate surface area is 99.3 Å². The van der Waals surface area contributed by atoms with Crippen molar-refractivity contribution in [3.05, 3.63) is 39.7 Å². The van der Waals surface area contributed by atoms with Crippen LogP contribution in [0.1, 0.15) is 15.3 Å². The lowest BCUT2D eigenvalue weighted by molar-refractivity contribution is 1.13. The fourth-order valence-electron chi connectivity index (χ4n) is 1.49. The molecule has 16 heavy (non-hydrogen) atoms. The van der Waals surface area contributed by atoms with E-state index >= 15 is 0 Å². The molecular formula is C12H15N3S. The summed E-state index contributed by atoms with van der Waals surface area (Å²) in [6, 6.07) is 6.17. The van der Waals surface area contributed by atoms with Crippen LogP contribution in [0.15, 0.2) is 24.4 Å². The number of hydrogen-bond acceptors (Lipinski definition) is 4. The second kappa shape index (κ2) is 4.53. The standard InChI is InChI=1S/C12H15N3S/c1-8-5-11(13)12(14-6-8)15-7-10-4-3-9(2)16-10/h3-6H,7,13H2,1-2H3,(H,14,15). The van der Waals surface area contributed by atoms with E-state index in [-0.39, 0.29) is 0 Å². The van der Waals surface area contributed by atoms with Gasteiger partial charge in [-0.3, -0.25) is 0 Å². The van der Waals surface area contributed by atoms with Crippen molar-refractivity contribution < 1.29 is 0 Å². The van der Waals surface area contributed by atoms with Crippen LogP contribution >= 0.6 is 11.3 Å². The summed E-state index contributed by atoms with van der Waals surface area (Å²) in [7, 11) is 0. The number of pyridine rings is 1. The van der Waals surface area contributed by atoms with Crippen LogP contribution in [0, 0.1) is 13.8 Å². The van der Waals surface area contributed by atoms with E-state index in [4.69, 9.17) is 5.73 Å². The highest BCUT2D eigenvalue weighted by atomic mass is 32.1. The molecule has 0 aliphatic carbocycles. The Morgan fingerprint density at radius 1 is 1.38 bits per heavy atom. The first-order valence-corrected chi connectivity index (χ1v) is 5.98. The highest BCUT2D eigenvalue weighted by Crippen LogP contribution is 2.19. The Morgan fingerprint density at radius 3 is 2.81 bits per heavy atom. The summed E-state index contributed by atoms with van der Waals surface area (Å²) in [5, 5.41) is 3.24. The second-order valence-electron chi connectivity index (χ2n) is 3.82. The van der Waals surface area contributed by atoms with E-state index in [2.05, 4.69) is 29.4 Å². The third-order valence-corrected chi connectivity index (χ3v) is 3.28. The van der Waals surface area contributed by atoms with Crippen LogP contribution in [0.25, 0.3) is 0 Å². The fourth-order valence-corrected chi connectivity index (χ4v) is 2.32. The Bertz CT molecular complexity index is 491. The third kappa shape index (κ3) is 2.52. The van der Waals surface area contributed by atoms with Gasteiger partial charge in [0.25, 0.3) is 0 Å². The van der Waals surface area contributed by atoms with Crippen molar-refractivity contribution >= 4 is 22.8 Å². The Morgan fingerprint density at radius 2 is 2.19 bits per heavy atom. The molecule has 0 unspecified atom stereocenters. The van der Waals surface area contributed by atoms with E-state index in [1.54, 1.807) is 11.3 Å². The maximum absolute atomic E-state index is 5.87. The van der Waals surface area contributed by atoms with Gasteiger partial charge >= 0.3 is 0 Å². The van der Waals surface area contributed by atoms with Gasteiger partial charge in [-0.2, -0.15) is 0 Å². The normalized spacial score (nSPS) is 10.4. The van der Waals surface area contributed by atoms with Gasteiger partial charge in [0.2, 0.25) is 0 Å². The number of nitrogens with two attached hydrogens (primary N) is 1. The van der Waals surface area contributed by atoms with Crippen molar-refractivity contribution in [1.29, 1.82) is 0 Å². The molecule has 4 heteroatoms. The third-order valence-electron chi connectivity index (χ3n) is 2.28. The molecule has 0 spiro atoms. The zero-order valence-electron chi connectivity index (χ0n) is 9.45. The van der Waals surface area contributed by atoms with Gasteiger partial charge in [0, 0.05) is 16.0 Å². The lowest BCUT2D eigenvalue weighted by Crippen LogP contribution is -2.03. The summed E-state index contributed by atoms with van der Waals surface area (Å²) in [5.74, 6) is 0.761. The zero-order valence-corrected chi connectivity index (χ0v) is 10.3. The largest absolute Gasteiger partial charge is 0.396 e. The molecule has 0 saturated carbocycles. The Hall–Kier alpha value is -1.55. The Balaban J connectivity index is 2.04. The van der Waals surface area contributed by atoms with Gasteiger partial charge in [-0.15, -0.1) is 11.3 Å². The van der Waals surface area contributed by atoms with E-state index in [0.717, 1.165) is 17.9 Å². The van der Waals surface area contributed by atoms with Gasteiger partial charge in [-0.1, -0.05) is 0 Å². The van der Waals surface area contributed by atoms with Gasteiger partial charge in [0.05, 0.1) is 12.2 Å². The molecule has 2 heterocycles. The quantitative estimate of drug-likeness (QED) is 0.857. The van der Waals surface area contributed by atoms with Gasteiger partial charge in [0.1, 0.15) is 5.82 Å². The fraction of sp³-hybridized carbons (Fsp3) is 0.250. The minimum Gasteiger partial charge on any atom is -0.396 e. The van der Waals surface area contributed by atoms with Crippen molar-refractivity contribution in [2.24, 2.45) is 0 Å². The highest BCUT2D eigenvalue weighted by Gasteiger charge is 2.01. The average Bonchev–Trinajstić information content (AvgIpc) is 2.63. The maximum atomic E-state index is 5.87. The predicted octanol–water partition coefficient (Wildman–Crippen LogP) is 2.95. The summed E-state index contributed by atoms with van der Waals surface area (Å²) in [6.45, 7) is 4.86. The lowest BCUT2D eigenvalue weighted by Gasteiger charge is -2.07. The zero-order chi connectivity index (χ0) is 11.5.